The molecule has 0 aliphatic heterocycles. The summed E-state index contributed by atoms with van der Waals surface area (Å²) in [6.07, 6.45) is 2.42. The van der Waals surface area contributed by atoms with Crippen LogP contribution in [0.15, 0.2) is 15.7 Å². The molecule has 0 unspecified atom stereocenters. The minimum atomic E-state index is 0.850. The molecule has 0 amide bonds. The van der Waals surface area contributed by atoms with Gasteiger partial charge in [-0.3, -0.25) is 0 Å². The van der Waals surface area contributed by atoms with Crippen molar-refractivity contribution >= 4 is 29.1 Å². The molecule has 0 aromatic carbocycles. The molecule has 7 heteroatoms. The summed E-state index contributed by atoms with van der Waals surface area (Å²) in [7, 11) is 1.85. The highest BCUT2D eigenvalue weighted by atomic mass is 32.2. The second-order valence-electron chi connectivity index (χ2n) is 3.33. The van der Waals surface area contributed by atoms with Gasteiger partial charge < -0.3 is 5.32 Å². The highest BCUT2D eigenvalue weighted by molar-refractivity contribution is 8.00. The van der Waals surface area contributed by atoms with Crippen molar-refractivity contribution in [1.82, 2.24) is 19.3 Å². The third kappa shape index (κ3) is 2.73. The molecule has 0 saturated heterocycles. The molecule has 0 radical (unpaired) electrons. The summed E-state index contributed by atoms with van der Waals surface area (Å²) in [6.45, 7) is 4.04. The first-order valence-corrected chi connectivity index (χ1v) is 6.83. The molecule has 0 aliphatic carbocycles. The molecule has 5 nitrogen and oxygen atoms in total. The van der Waals surface area contributed by atoms with E-state index in [1.165, 1.54) is 23.3 Å². The number of aryl methyl sites for hydroxylation is 1. The Kier molecular flexibility index (Phi) is 3.90. The molecule has 2 rings (SSSR count). The van der Waals surface area contributed by atoms with Gasteiger partial charge in [-0.05, 0) is 30.2 Å². The van der Waals surface area contributed by atoms with Crippen molar-refractivity contribution < 1.29 is 0 Å². The second-order valence-corrected chi connectivity index (χ2v) is 5.32. The van der Waals surface area contributed by atoms with Crippen LogP contribution < -0.4 is 5.32 Å². The Labute approximate surface area is 108 Å². The monoisotopic (exact) mass is 267 g/mol. The maximum atomic E-state index is 4.41. The molecule has 1 N–H and O–H groups in total. The maximum absolute atomic E-state index is 4.41. The predicted octanol–water partition coefficient (Wildman–Crippen LogP) is 2.39. The number of nitrogens with one attached hydrogen (secondary N) is 1. The van der Waals surface area contributed by atoms with Crippen LogP contribution in [0, 0.1) is 6.92 Å². The van der Waals surface area contributed by atoms with Gasteiger partial charge in [0.15, 0.2) is 4.34 Å². The van der Waals surface area contributed by atoms with Crippen molar-refractivity contribution in [1.29, 1.82) is 0 Å². The number of hydrogen-bond acceptors (Lipinski definition) is 7. The second kappa shape index (κ2) is 5.42. The normalized spacial score (nSPS) is 10.5. The molecule has 90 valence electrons. The maximum Gasteiger partial charge on any atom is 0.176 e. The van der Waals surface area contributed by atoms with Gasteiger partial charge in [-0.2, -0.15) is 4.37 Å². The molecule has 2 aromatic heterocycles. The van der Waals surface area contributed by atoms with Crippen LogP contribution in [0.5, 0.6) is 0 Å². The van der Waals surface area contributed by atoms with Gasteiger partial charge >= 0.3 is 0 Å². The summed E-state index contributed by atoms with van der Waals surface area (Å²) in [5, 5.41) is 3.96. The minimum absolute atomic E-state index is 0.850. The van der Waals surface area contributed by atoms with E-state index >= 15 is 0 Å². The van der Waals surface area contributed by atoms with Crippen LogP contribution in [0.3, 0.4) is 0 Å². The van der Waals surface area contributed by atoms with E-state index in [0.717, 1.165) is 33.0 Å². The molecular formula is C10H13N5S2. The quantitative estimate of drug-likeness (QED) is 0.858. The van der Waals surface area contributed by atoms with Crippen molar-refractivity contribution in [2.75, 3.05) is 12.4 Å². The fourth-order valence-corrected chi connectivity index (χ4v) is 2.96. The average Bonchev–Trinajstić information content (AvgIpc) is 2.79. The van der Waals surface area contributed by atoms with E-state index in [1.54, 1.807) is 6.33 Å². The van der Waals surface area contributed by atoms with E-state index < -0.39 is 0 Å². The van der Waals surface area contributed by atoms with Crippen LogP contribution in [-0.4, -0.2) is 26.4 Å². The van der Waals surface area contributed by atoms with E-state index in [0.29, 0.717) is 0 Å². The smallest absolute Gasteiger partial charge is 0.176 e. The largest absolute Gasteiger partial charge is 0.373 e. The molecule has 0 spiro atoms. The van der Waals surface area contributed by atoms with Crippen LogP contribution >= 0.6 is 23.3 Å². The van der Waals surface area contributed by atoms with Gasteiger partial charge in [0.25, 0.3) is 0 Å². The van der Waals surface area contributed by atoms with Crippen LogP contribution in [0.2, 0.25) is 0 Å². The number of rotatable bonds is 4. The van der Waals surface area contributed by atoms with Gasteiger partial charge in [0.2, 0.25) is 0 Å². The van der Waals surface area contributed by atoms with Crippen LogP contribution in [0.1, 0.15) is 18.3 Å². The lowest BCUT2D eigenvalue weighted by atomic mass is 10.3. The summed E-state index contributed by atoms with van der Waals surface area (Å²) in [4.78, 5) is 12.8. The molecular weight excluding hydrogens is 254 g/mol. The third-order valence-electron chi connectivity index (χ3n) is 2.22. The molecule has 0 aliphatic rings. The van der Waals surface area contributed by atoms with E-state index in [1.807, 2.05) is 20.9 Å². The lowest BCUT2D eigenvalue weighted by Gasteiger charge is -2.06. The summed E-state index contributed by atoms with van der Waals surface area (Å²) in [5.41, 5.74) is 1.04. The van der Waals surface area contributed by atoms with Crippen molar-refractivity contribution in [2.45, 2.75) is 29.6 Å². The zero-order valence-electron chi connectivity index (χ0n) is 9.89. The van der Waals surface area contributed by atoms with Gasteiger partial charge in [0, 0.05) is 19.0 Å². The van der Waals surface area contributed by atoms with E-state index in [9.17, 15) is 0 Å². The first-order chi connectivity index (χ1) is 8.24. The van der Waals surface area contributed by atoms with Crippen molar-refractivity contribution in [3.8, 4) is 0 Å². The lowest BCUT2D eigenvalue weighted by Crippen LogP contribution is -1.98. The van der Waals surface area contributed by atoms with E-state index in [-0.39, 0.29) is 0 Å². The van der Waals surface area contributed by atoms with E-state index in [4.69, 9.17) is 0 Å². The predicted molar refractivity (Wildman–Crippen MR) is 69.7 cm³/mol. The number of aromatic nitrogens is 4. The molecule has 2 aromatic rings. The van der Waals surface area contributed by atoms with Crippen LogP contribution in [0.4, 0.5) is 5.82 Å². The Balaban J connectivity index is 2.23. The summed E-state index contributed by atoms with van der Waals surface area (Å²) in [5.74, 6) is 1.74. The molecule has 0 fully saturated rings. The Morgan fingerprint density at radius 3 is 2.88 bits per heavy atom. The number of anilines is 1. The molecule has 0 atom stereocenters. The standard InChI is InChI=1S/C10H13N5S2/c1-4-7-14-10(17-15-7)16-9-6(2)8(11-3)12-5-13-9/h5H,4H2,1-3H3,(H,11,12,13). The van der Waals surface area contributed by atoms with Crippen LogP contribution in [0.25, 0.3) is 0 Å². The summed E-state index contributed by atoms with van der Waals surface area (Å²) in [6, 6.07) is 0. The van der Waals surface area contributed by atoms with Crippen LogP contribution in [-0.2, 0) is 6.42 Å². The average molecular weight is 267 g/mol. The fraction of sp³-hybridized carbons (Fsp3) is 0.400. The topological polar surface area (TPSA) is 63.6 Å². The summed E-state index contributed by atoms with van der Waals surface area (Å²) >= 11 is 2.95. The molecule has 17 heavy (non-hydrogen) atoms. The fourth-order valence-electron chi connectivity index (χ4n) is 1.29. The third-order valence-corrected chi connectivity index (χ3v) is 4.12. The molecule has 0 bridgehead atoms. The zero-order valence-corrected chi connectivity index (χ0v) is 11.5. The van der Waals surface area contributed by atoms with E-state index in [2.05, 4.69) is 24.6 Å². The van der Waals surface area contributed by atoms with Crippen molar-refractivity contribution in [2.24, 2.45) is 0 Å². The Bertz CT molecular complexity index is 511. The van der Waals surface area contributed by atoms with Gasteiger partial charge in [-0.15, -0.1) is 0 Å². The molecule has 2 heterocycles. The molecule has 0 saturated carbocycles. The van der Waals surface area contributed by atoms with Crippen molar-refractivity contribution in [3.63, 3.8) is 0 Å². The lowest BCUT2D eigenvalue weighted by molar-refractivity contribution is 0.965. The Morgan fingerprint density at radius 2 is 2.24 bits per heavy atom. The van der Waals surface area contributed by atoms with Gasteiger partial charge in [0.05, 0.1) is 0 Å². The van der Waals surface area contributed by atoms with Crippen molar-refractivity contribution in [3.05, 3.63) is 17.7 Å². The first kappa shape index (κ1) is 12.3. The zero-order chi connectivity index (χ0) is 12.3. The Hall–Kier alpha value is -1.21. The van der Waals surface area contributed by atoms with Gasteiger partial charge in [0.1, 0.15) is 23.0 Å². The Morgan fingerprint density at radius 1 is 1.41 bits per heavy atom. The number of hydrogen-bond donors (Lipinski definition) is 1. The SMILES string of the molecule is CCc1nsc(Sc2ncnc(NC)c2C)n1. The highest BCUT2D eigenvalue weighted by Gasteiger charge is 2.10. The minimum Gasteiger partial charge on any atom is -0.373 e. The number of nitrogens with zero attached hydrogens (tertiary/aromatic N) is 4. The first-order valence-electron chi connectivity index (χ1n) is 5.24. The highest BCUT2D eigenvalue weighted by Crippen LogP contribution is 2.31. The summed E-state index contributed by atoms with van der Waals surface area (Å²) < 4.78 is 5.18. The van der Waals surface area contributed by atoms with Gasteiger partial charge in [-0.25, -0.2) is 15.0 Å². The van der Waals surface area contributed by atoms with Gasteiger partial charge in [-0.1, -0.05) is 6.92 Å².